The van der Waals surface area contributed by atoms with Crippen molar-refractivity contribution < 1.29 is 14.1 Å². The maximum atomic E-state index is 13.8. The van der Waals surface area contributed by atoms with Crippen molar-refractivity contribution in [1.82, 2.24) is 15.0 Å². The first-order valence-electron chi connectivity index (χ1n) is 8.97. The summed E-state index contributed by atoms with van der Waals surface area (Å²) in [5.74, 6) is -0.232. The zero-order chi connectivity index (χ0) is 20.5. The highest BCUT2D eigenvalue weighted by atomic mass is 19.1. The van der Waals surface area contributed by atoms with E-state index in [1.165, 1.54) is 6.20 Å². The number of amides is 1. The highest BCUT2D eigenvalue weighted by Crippen LogP contribution is 2.31. The fraction of sp³-hybridized carbons (Fsp3) is 0.200. The minimum atomic E-state index is -0.905. The van der Waals surface area contributed by atoms with Crippen molar-refractivity contribution >= 4 is 17.4 Å². The summed E-state index contributed by atoms with van der Waals surface area (Å²) in [6.07, 6.45) is 4.87. The first-order chi connectivity index (χ1) is 13.9. The summed E-state index contributed by atoms with van der Waals surface area (Å²) in [4.78, 5) is 35.1. The van der Waals surface area contributed by atoms with E-state index in [9.17, 15) is 19.3 Å². The van der Waals surface area contributed by atoms with Crippen molar-refractivity contribution in [3.63, 3.8) is 0 Å². The van der Waals surface area contributed by atoms with E-state index in [2.05, 4.69) is 20.3 Å². The second kappa shape index (κ2) is 7.34. The molecule has 0 atom stereocenters. The minimum Gasteiger partial charge on any atom is -0.310 e. The van der Waals surface area contributed by atoms with Gasteiger partial charge in [0.25, 0.3) is 0 Å². The highest BCUT2D eigenvalue weighted by Gasteiger charge is 2.29. The number of nitro benzene ring substituents is 1. The fourth-order valence-corrected chi connectivity index (χ4v) is 2.92. The number of hydrogen-bond acceptors (Lipinski definition) is 6. The summed E-state index contributed by atoms with van der Waals surface area (Å²) < 4.78 is 13.8. The molecule has 2 heterocycles. The number of carbonyl (C=O) groups is 1. The van der Waals surface area contributed by atoms with Gasteiger partial charge >= 0.3 is 5.69 Å². The van der Waals surface area contributed by atoms with Crippen LogP contribution in [0.4, 0.5) is 15.9 Å². The van der Waals surface area contributed by atoms with E-state index in [-0.39, 0.29) is 17.6 Å². The molecule has 1 saturated carbocycles. The Labute approximate surface area is 165 Å². The van der Waals surface area contributed by atoms with Gasteiger partial charge in [-0.05, 0) is 49.6 Å². The molecule has 146 valence electrons. The molecule has 8 nitrogen and oxygen atoms in total. The Morgan fingerprint density at radius 1 is 1.21 bits per heavy atom. The largest absolute Gasteiger partial charge is 0.310 e. The summed E-state index contributed by atoms with van der Waals surface area (Å²) in [6.45, 7) is 1.64. The Hall–Kier alpha value is -3.75. The highest BCUT2D eigenvalue weighted by molar-refractivity contribution is 5.93. The molecule has 1 N–H and O–H groups in total. The molecule has 1 aliphatic carbocycles. The van der Waals surface area contributed by atoms with Gasteiger partial charge < -0.3 is 5.32 Å². The van der Waals surface area contributed by atoms with Crippen LogP contribution in [0.3, 0.4) is 0 Å². The molecule has 29 heavy (non-hydrogen) atoms. The van der Waals surface area contributed by atoms with Crippen LogP contribution in [0.5, 0.6) is 0 Å². The monoisotopic (exact) mass is 393 g/mol. The number of benzene rings is 1. The van der Waals surface area contributed by atoms with Gasteiger partial charge in [-0.2, -0.15) is 4.39 Å². The molecule has 0 unspecified atom stereocenters. The van der Waals surface area contributed by atoms with Crippen LogP contribution in [0.1, 0.15) is 18.4 Å². The van der Waals surface area contributed by atoms with Gasteiger partial charge in [-0.1, -0.05) is 0 Å². The van der Waals surface area contributed by atoms with E-state index in [1.54, 1.807) is 31.3 Å². The molecule has 1 amide bonds. The molecule has 0 saturated heterocycles. The lowest BCUT2D eigenvalue weighted by Crippen LogP contribution is -2.14. The van der Waals surface area contributed by atoms with Crippen LogP contribution in [0.25, 0.3) is 22.6 Å². The number of nitro groups is 1. The molecule has 1 aromatic carbocycles. The second-order valence-electron chi connectivity index (χ2n) is 6.83. The summed E-state index contributed by atoms with van der Waals surface area (Å²) in [7, 11) is 0. The summed E-state index contributed by atoms with van der Waals surface area (Å²) in [5, 5.41) is 13.9. The Kier molecular flexibility index (Phi) is 4.71. The predicted molar refractivity (Wildman–Crippen MR) is 103 cm³/mol. The average molecular weight is 393 g/mol. The van der Waals surface area contributed by atoms with Crippen LogP contribution < -0.4 is 5.32 Å². The summed E-state index contributed by atoms with van der Waals surface area (Å²) in [6, 6.07) is 7.35. The summed E-state index contributed by atoms with van der Waals surface area (Å²) >= 11 is 0. The lowest BCUT2D eigenvalue weighted by molar-refractivity contribution is -0.387. The zero-order valence-electron chi connectivity index (χ0n) is 15.4. The lowest BCUT2D eigenvalue weighted by atomic mass is 10.1. The first-order valence-corrected chi connectivity index (χ1v) is 8.97. The Balaban J connectivity index is 1.69. The van der Waals surface area contributed by atoms with Crippen molar-refractivity contribution in [3.8, 4) is 22.6 Å². The van der Waals surface area contributed by atoms with Crippen LogP contribution in [0.15, 0.2) is 42.7 Å². The Morgan fingerprint density at radius 2 is 1.97 bits per heavy atom. The molecular formula is C20H16FN5O3. The fourth-order valence-electron chi connectivity index (χ4n) is 2.92. The van der Waals surface area contributed by atoms with E-state index < -0.39 is 16.4 Å². The van der Waals surface area contributed by atoms with Gasteiger partial charge in [0.1, 0.15) is 5.82 Å². The number of nitrogens with one attached hydrogen (secondary N) is 1. The number of carbonyl (C=O) groups excluding carboxylic acids is 1. The molecule has 1 fully saturated rings. The third kappa shape index (κ3) is 3.93. The van der Waals surface area contributed by atoms with Gasteiger partial charge in [0.2, 0.25) is 11.7 Å². The van der Waals surface area contributed by atoms with E-state index >= 15 is 0 Å². The first kappa shape index (κ1) is 18.6. The molecule has 1 aliphatic rings. The Bertz CT molecular complexity index is 1130. The maximum Gasteiger partial charge on any atom is 0.305 e. The topological polar surface area (TPSA) is 111 Å². The number of halogens is 1. The van der Waals surface area contributed by atoms with Gasteiger partial charge in [0.15, 0.2) is 5.82 Å². The van der Waals surface area contributed by atoms with E-state index in [0.717, 1.165) is 25.0 Å². The van der Waals surface area contributed by atoms with Gasteiger partial charge in [0, 0.05) is 35.5 Å². The van der Waals surface area contributed by atoms with Crippen LogP contribution in [-0.4, -0.2) is 25.8 Å². The second-order valence-corrected chi connectivity index (χ2v) is 6.83. The van der Waals surface area contributed by atoms with Crippen molar-refractivity contribution in [3.05, 3.63) is 64.2 Å². The van der Waals surface area contributed by atoms with Gasteiger partial charge in [-0.3, -0.25) is 14.9 Å². The minimum absolute atomic E-state index is 0.0488. The SMILES string of the molecule is Cc1cc(F)c([N+](=O)[O-])cc1-c1nccc(-c2ccnc(NC(=O)C3CC3)c2)n1. The standard InChI is InChI=1S/C20H16FN5O3/c1-11-8-15(21)17(26(28)29)10-14(11)19-23-7-5-16(24-19)13-4-6-22-18(9-13)25-20(27)12-2-3-12/h4-10,12H,2-3H2,1H3,(H,22,25,27). The Morgan fingerprint density at radius 3 is 2.69 bits per heavy atom. The van der Waals surface area contributed by atoms with Crippen LogP contribution >= 0.6 is 0 Å². The van der Waals surface area contributed by atoms with Crippen LogP contribution in [0, 0.1) is 28.8 Å². The molecule has 0 bridgehead atoms. The lowest BCUT2D eigenvalue weighted by Gasteiger charge is -2.09. The molecule has 3 aromatic rings. The van der Waals surface area contributed by atoms with Gasteiger partial charge in [-0.25, -0.2) is 15.0 Å². The number of hydrogen-bond donors (Lipinski definition) is 1. The molecule has 9 heteroatoms. The average Bonchev–Trinajstić information content (AvgIpc) is 3.53. The third-order valence-electron chi connectivity index (χ3n) is 4.64. The number of rotatable bonds is 5. The number of pyridine rings is 1. The molecule has 0 radical (unpaired) electrons. The van der Waals surface area contributed by atoms with Crippen LogP contribution in [0.2, 0.25) is 0 Å². The maximum absolute atomic E-state index is 13.8. The third-order valence-corrected chi connectivity index (χ3v) is 4.64. The molecular weight excluding hydrogens is 377 g/mol. The smallest absolute Gasteiger partial charge is 0.305 e. The van der Waals surface area contributed by atoms with Crippen molar-refractivity contribution in [2.24, 2.45) is 5.92 Å². The number of nitrogens with zero attached hydrogens (tertiary/aromatic N) is 4. The molecule has 0 spiro atoms. The predicted octanol–water partition coefficient (Wildman–Crippen LogP) is 3.91. The summed E-state index contributed by atoms with van der Waals surface area (Å²) in [5.41, 5.74) is 1.47. The number of aromatic nitrogens is 3. The van der Waals surface area contributed by atoms with Crippen molar-refractivity contribution in [2.75, 3.05) is 5.32 Å². The van der Waals surface area contributed by atoms with E-state index in [4.69, 9.17) is 0 Å². The quantitative estimate of drug-likeness (QED) is 0.520. The molecule has 0 aliphatic heterocycles. The zero-order valence-corrected chi connectivity index (χ0v) is 15.4. The normalized spacial score (nSPS) is 13.2. The van der Waals surface area contributed by atoms with Crippen molar-refractivity contribution in [2.45, 2.75) is 19.8 Å². The van der Waals surface area contributed by atoms with Gasteiger partial charge in [-0.15, -0.1) is 0 Å². The number of anilines is 1. The molecule has 4 rings (SSSR count). The van der Waals surface area contributed by atoms with Crippen molar-refractivity contribution in [1.29, 1.82) is 0 Å². The van der Waals surface area contributed by atoms with E-state index in [1.807, 2.05) is 0 Å². The number of aryl methyl sites for hydroxylation is 1. The van der Waals surface area contributed by atoms with E-state index in [0.29, 0.717) is 28.2 Å². The molecule has 2 aromatic heterocycles. The van der Waals surface area contributed by atoms with Gasteiger partial charge in [0.05, 0.1) is 10.6 Å². The van der Waals surface area contributed by atoms with Crippen LogP contribution in [-0.2, 0) is 4.79 Å².